The predicted molar refractivity (Wildman–Crippen MR) is 78.6 cm³/mol. The molecule has 1 aliphatic heterocycles. The number of benzene rings is 1. The molecule has 1 aromatic rings. The quantitative estimate of drug-likeness (QED) is 0.895. The highest BCUT2D eigenvalue weighted by Gasteiger charge is 2.39. The number of nitrogens with one attached hydrogen (secondary N) is 1. The molecular weight excluding hydrogens is 276 g/mol. The lowest BCUT2D eigenvalue weighted by Gasteiger charge is -2.25. The van der Waals surface area contributed by atoms with Gasteiger partial charge in [0, 0.05) is 12.3 Å². The lowest BCUT2D eigenvalue weighted by molar-refractivity contribution is -0.141. The van der Waals surface area contributed by atoms with Crippen molar-refractivity contribution in [3.63, 3.8) is 0 Å². The smallest absolute Gasteiger partial charge is 0.327 e. The van der Waals surface area contributed by atoms with E-state index in [0.717, 1.165) is 11.1 Å². The van der Waals surface area contributed by atoms with E-state index in [0.29, 0.717) is 12.3 Å². The zero-order valence-electron chi connectivity index (χ0n) is 11.5. The largest absolute Gasteiger partial charge is 0.480 e. The van der Waals surface area contributed by atoms with Crippen LogP contribution in [0.15, 0.2) is 24.3 Å². The average molecular weight is 294 g/mol. The Morgan fingerprint density at radius 3 is 2.90 bits per heavy atom. The summed E-state index contributed by atoms with van der Waals surface area (Å²) >= 11 is 1.48. The maximum atomic E-state index is 12.2. The maximum absolute atomic E-state index is 12.2. The number of aliphatic carboxylic acids is 1. The number of hydrogen-bond donors (Lipinski definition) is 2. The molecule has 2 N–H and O–H groups in total. The summed E-state index contributed by atoms with van der Waals surface area (Å²) in [5.74, 6) is -0.512. The molecule has 20 heavy (non-hydrogen) atoms. The van der Waals surface area contributed by atoms with Gasteiger partial charge in [-0.05, 0) is 19.4 Å². The molecule has 1 aliphatic rings. The lowest BCUT2D eigenvalue weighted by Crippen LogP contribution is -2.49. The van der Waals surface area contributed by atoms with Crippen molar-refractivity contribution in [2.45, 2.75) is 31.8 Å². The normalized spacial score (nSPS) is 21.8. The van der Waals surface area contributed by atoms with Gasteiger partial charge in [0.2, 0.25) is 0 Å². The van der Waals surface area contributed by atoms with Gasteiger partial charge in [-0.2, -0.15) is 0 Å². The first-order valence-electron chi connectivity index (χ1n) is 6.45. The zero-order chi connectivity index (χ0) is 14.7. The van der Waals surface area contributed by atoms with Gasteiger partial charge < -0.3 is 10.4 Å². The number of carboxylic acid groups (broad SMARTS) is 1. The standard InChI is InChI=1S/C14H18N2O3S/c1-9-4-3-5-11(6-9)7-15-14(19)16-10(2)20-8-12(16)13(17)18/h3-6,10,12H,7-8H2,1-2H3,(H,15,19)(H,17,18). The van der Waals surface area contributed by atoms with E-state index in [1.54, 1.807) is 0 Å². The van der Waals surface area contributed by atoms with Crippen LogP contribution in [0.2, 0.25) is 0 Å². The Morgan fingerprint density at radius 2 is 2.25 bits per heavy atom. The average Bonchev–Trinajstić information content (AvgIpc) is 2.78. The Morgan fingerprint density at radius 1 is 1.50 bits per heavy atom. The van der Waals surface area contributed by atoms with Crippen molar-refractivity contribution in [1.29, 1.82) is 0 Å². The number of amides is 2. The number of nitrogens with zero attached hydrogens (tertiary/aromatic N) is 1. The number of thioether (sulfide) groups is 1. The molecule has 0 bridgehead atoms. The first-order valence-corrected chi connectivity index (χ1v) is 7.50. The molecule has 0 aromatic heterocycles. The van der Waals surface area contributed by atoms with Gasteiger partial charge in [0.15, 0.2) is 0 Å². The maximum Gasteiger partial charge on any atom is 0.327 e. The minimum absolute atomic E-state index is 0.117. The summed E-state index contributed by atoms with van der Waals surface area (Å²) in [6, 6.07) is 6.79. The summed E-state index contributed by atoms with van der Waals surface area (Å²) in [5.41, 5.74) is 2.13. The van der Waals surface area contributed by atoms with Gasteiger partial charge in [0.1, 0.15) is 6.04 Å². The molecule has 0 aliphatic carbocycles. The van der Waals surface area contributed by atoms with Crippen LogP contribution in [0.1, 0.15) is 18.1 Å². The second-order valence-corrected chi connectivity index (χ2v) is 6.19. The molecule has 5 nitrogen and oxygen atoms in total. The van der Waals surface area contributed by atoms with Crippen molar-refractivity contribution >= 4 is 23.8 Å². The second kappa shape index (κ2) is 6.17. The SMILES string of the molecule is Cc1cccc(CNC(=O)N2C(C)SCC2C(=O)O)c1. The van der Waals surface area contributed by atoms with E-state index < -0.39 is 12.0 Å². The fraction of sp³-hybridized carbons (Fsp3) is 0.429. The number of carbonyl (C=O) groups excluding carboxylic acids is 1. The first kappa shape index (κ1) is 14.7. The summed E-state index contributed by atoms with van der Waals surface area (Å²) < 4.78 is 0. The van der Waals surface area contributed by atoms with E-state index in [1.165, 1.54) is 16.7 Å². The molecule has 2 unspecified atom stereocenters. The Bertz CT molecular complexity index is 521. The van der Waals surface area contributed by atoms with Crippen molar-refractivity contribution in [2.75, 3.05) is 5.75 Å². The Kier molecular flexibility index (Phi) is 4.54. The molecule has 108 valence electrons. The van der Waals surface area contributed by atoms with Crippen molar-refractivity contribution in [3.8, 4) is 0 Å². The van der Waals surface area contributed by atoms with Gasteiger partial charge in [-0.1, -0.05) is 29.8 Å². The van der Waals surface area contributed by atoms with E-state index in [9.17, 15) is 9.59 Å². The topological polar surface area (TPSA) is 69.6 Å². The molecule has 0 spiro atoms. The monoisotopic (exact) mass is 294 g/mol. The number of urea groups is 1. The summed E-state index contributed by atoms with van der Waals surface area (Å²) in [7, 11) is 0. The number of hydrogen-bond acceptors (Lipinski definition) is 3. The van der Waals surface area contributed by atoms with Crippen molar-refractivity contribution in [1.82, 2.24) is 10.2 Å². The van der Waals surface area contributed by atoms with Crippen LogP contribution in [-0.2, 0) is 11.3 Å². The highest BCUT2D eigenvalue weighted by Crippen LogP contribution is 2.28. The molecule has 1 aromatic carbocycles. The lowest BCUT2D eigenvalue weighted by atomic mass is 10.1. The van der Waals surface area contributed by atoms with Crippen LogP contribution in [-0.4, -0.2) is 39.2 Å². The second-order valence-electron chi connectivity index (χ2n) is 4.84. The van der Waals surface area contributed by atoms with E-state index in [1.807, 2.05) is 38.1 Å². The van der Waals surface area contributed by atoms with Gasteiger partial charge in [-0.3, -0.25) is 4.90 Å². The summed E-state index contributed by atoms with van der Waals surface area (Å²) in [5, 5.41) is 11.8. The summed E-state index contributed by atoms with van der Waals surface area (Å²) in [6.07, 6.45) is 0. The summed E-state index contributed by atoms with van der Waals surface area (Å²) in [4.78, 5) is 24.7. The Hall–Kier alpha value is -1.69. The molecular formula is C14H18N2O3S. The van der Waals surface area contributed by atoms with Crippen LogP contribution in [0.5, 0.6) is 0 Å². The highest BCUT2D eigenvalue weighted by molar-refractivity contribution is 8.00. The molecule has 0 radical (unpaired) electrons. The fourth-order valence-electron chi connectivity index (χ4n) is 2.23. The molecule has 0 saturated carbocycles. The first-order chi connectivity index (χ1) is 9.49. The molecule has 1 fully saturated rings. The van der Waals surface area contributed by atoms with Crippen LogP contribution < -0.4 is 5.32 Å². The van der Waals surface area contributed by atoms with Gasteiger partial charge in [-0.15, -0.1) is 11.8 Å². The van der Waals surface area contributed by atoms with Gasteiger partial charge >= 0.3 is 12.0 Å². The van der Waals surface area contributed by atoms with Crippen LogP contribution in [0.3, 0.4) is 0 Å². The van der Waals surface area contributed by atoms with Crippen LogP contribution in [0, 0.1) is 6.92 Å². The van der Waals surface area contributed by atoms with Crippen molar-refractivity contribution < 1.29 is 14.7 Å². The molecule has 1 saturated heterocycles. The van der Waals surface area contributed by atoms with Crippen molar-refractivity contribution in [2.24, 2.45) is 0 Å². The third-order valence-electron chi connectivity index (χ3n) is 3.27. The summed E-state index contributed by atoms with van der Waals surface area (Å²) in [6.45, 7) is 4.24. The van der Waals surface area contributed by atoms with Crippen LogP contribution >= 0.6 is 11.8 Å². The van der Waals surface area contributed by atoms with Gasteiger partial charge in [0.25, 0.3) is 0 Å². The highest BCUT2D eigenvalue weighted by atomic mass is 32.2. The number of aryl methyl sites for hydroxylation is 1. The van der Waals surface area contributed by atoms with Gasteiger partial charge in [-0.25, -0.2) is 9.59 Å². The molecule has 6 heteroatoms. The van der Waals surface area contributed by atoms with E-state index in [2.05, 4.69) is 5.32 Å². The minimum Gasteiger partial charge on any atom is -0.480 e. The fourth-order valence-corrected chi connectivity index (χ4v) is 3.40. The van der Waals surface area contributed by atoms with Crippen LogP contribution in [0.25, 0.3) is 0 Å². The Labute approximate surface area is 122 Å². The molecule has 2 atom stereocenters. The molecule has 2 amide bonds. The van der Waals surface area contributed by atoms with E-state index in [4.69, 9.17) is 5.11 Å². The molecule has 2 rings (SSSR count). The van der Waals surface area contributed by atoms with Gasteiger partial charge in [0.05, 0.1) is 5.37 Å². The number of carboxylic acids is 1. The Balaban J connectivity index is 1.99. The van der Waals surface area contributed by atoms with E-state index >= 15 is 0 Å². The van der Waals surface area contributed by atoms with Crippen molar-refractivity contribution in [3.05, 3.63) is 35.4 Å². The molecule has 1 heterocycles. The zero-order valence-corrected chi connectivity index (χ0v) is 12.3. The third-order valence-corrected chi connectivity index (χ3v) is 4.49. The van der Waals surface area contributed by atoms with Crippen LogP contribution in [0.4, 0.5) is 4.79 Å². The number of rotatable bonds is 3. The predicted octanol–water partition coefficient (Wildman–Crippen LogP) is 2.05. The van der Waals surface area contributed by atoms with E-state index in [-0.39, 0.29) is 11.4 Å². The third kappa shape index (κ3) is 3.25. The minimum atomic E-state index is -0.951. The number of carbonyl (C=O) groups is 2.